The topological polar surface area (TPSA) is 25.1 Å². The summed E-state index contributed by atoms with van der Waals surface area (Å²) in [5.74, 6) is -1.46. The predicted octanol–water partition coefficient (Wildman–Crippen LogP) is 2.12. The number of rotatable bonds is 3. The third kappa shape index (κ3) is 2.29. The van der Waals surface area contributed by atoms with Gasteiger partial charge in [0.2, 0.25) is 0 Å². The summed E-state index contributed by atoms with van der Waals surface area (Å²) in [5, 5.41) is 0. The number of hydrogen-bond acceptors (Lipinski definition) is 2. The molecule has 0 saturated carbocycles. The van der Waals surface area contributed by atoms with Crippen LogP contribution in [-0.4, -0.2) is 21.3 Å². The molecule has 1 aliphatic rings. The normalized spacial score (nSPS) is 19.0. The van der Waals surface area contributed by atoms with E-state index in [4.69, 9.17) is 9.35 Å². The van der Waals surface area contributed by atoms with Crippen LogP contribution in [-0.2, 0) is 15.8 Å². The van der Waals surface area contributed by atoms with Crippen LogP contribution in [0.15, 0.2) is 30.3 Å². The van der Waals surface area contributed by atoms with Crippen LogP contribution in [0.25, 0.3) is 0 Å². The fraction of sp³-hybridized carbons (Fsp3) is 0.250. The molecule has 64 valence electrons. The van der Waals surface area contributed by atoms with Crippen molar-refractivity contribution in [1.29, 1.82) is 0 Å². The van der Waals surface area contributed by atoms with Crippen LogP contribution < -0.4 is 0 Å². The zero-order valence-corrected chi connectivity index (χ0v) is 9.08. The van der Waals surface area contributed by atoms with Gasteiger partial charge in [0, 0.05) is 0 Å². The summed E-state index contributed by atoms with van der Waals surface area (Å²) in [6.45, 7) is 0. The van der Waals surface area contributed by atoms with Gasteiger partial charge in [0.25, 0.3) is 0 Å². The van der Waals surface area contributed by atoms with Crippen molar-refractivity contribution in [3.05, 3.63) is 35.9 Å². The van der Waals surface area contributed by atoms with Crippen LogP contribution in [0.3, 0.4) is 0 Å². The van der Waals surface area contributed by atoms with Gasteiger partial charge in [0.1, 0.15) is 0 Å². The fourth-order valence-electron chi connectivity index (χ4n) is 1.02. The van der Waals surface area contributed by atoms with Crippen LogP contribution in [0.1, 0.15) is 5.56 Å². The van der Waals surface area contributed by atoms with Crippen LogP contribution in [0.4, 0.5) is 0 Å². The van der Waals surface area contributed by atoms with Crippen molar-refractivity contribution in [3.8, 4) is 0 Å². The fourth-order valence-corrected chi connectivity index (χ4v) is 3.09. The molecule has 1 aromatic carbocycles. The second-order valence-electron chi connectivity index (χ2n) is 2.72. The molecule has 12 heavy (non-hydrogen) atoms. The minimum absolute atomic E-state index is 0.983. The van der Waals surface area contributed by atoms with Crippen molar-refractivity contribution in [3.63, 3.8) is 0 Å². The van der Waals surface area contributed by atoms with E-state index in [9.17, 15) is 0 Å². The Bertz CT molecular complexity index is 304. The molecular weight excluding hydrogens is 238 g/mol. The van der Waals surface area contributed by atoms with Gasteiger partial charge in [-0.1, -0.05) is 0 Å². The van der Waals surface area contributed by atoms with E-state index < -0.39 is 5.96 Å². The average molecular weight is 247 g/mol. The van der Waals surface area contributed by atoms with Crippen molar-refractivity contribution >= 4 is 21.1 Å². The molecule has 1 aromatic rings. The second-order valence-corrected chi connectivity index (χ2v) is 8.19. The molecule has 0 bridgehead atoms. The number of aryl methyl sites for hydroxylation is 1. The SMILES string of the molecule is [Se]=P1(CCc2ccccc2)OO1. The first-order chi connectivity index (χ1) is 5.79. The molecule has 0 aromatic heterocycles. The van der Waals surface area contributed by atoms with Crippen molar-refractivity contribution < 1.29 is 9.35 Å². The Kier molecular flexibility index (Phi) is 2.49. The van der Waals surface area contributed by atoms with Gasteiger partial charge in [-0.25, -0.2) is 0 Å². The van der Waals surface area contributed by atoms with Crippen molar-refractivity contribution in [2.75, 3.05) is 6.16 Å². The van der Waals surface area contributed by atoms with Gasteiger partial charge >= 0.3 is 78.9 Å². The molecule has 1 saturated heterocycles. The molecule has 2 rings (SSSR count). The standard InChI is InChI=1S/C8H9O2PSe/c12-11(9-10-11)7-6-8-4-2-1-3-5-8/h1-5H,6-7H2. The van der Waals surface area contributed by atoms with Crippen LogP contribution in [0, 0.1) is 0 Å². The van der Waals surface area contributed by atoms with Crippen LogP contribution in [0.2, 0.25) is 0 Å². The third-order valence-corrected chi connectivity index (χ3v) is 4.93. The first-order valence-electron chi connectivity index (χ1n) is 3.79. The zero-order valence-electron chi connectivity index (χ0n) is 6.47. The van der Waals surface area contributed by atoms with E-state index in [0.29, 0.717) is 0 Å². The molecule has 0 radical (unpaired) electrons. The molecule has 2 nitrogen and oxygen atoms in total. The van der Waals surface area contributed by atoms with Gasteiger partial charge in [-0.3, -0.25) is 0 Å². The average Bonchev–Trinajstić information content (AvgIpc) is 2.84. The zero-order chi connectivity index (χ0) is 8.44. The Morgan fingerprint density at radius 2 is 1.83 bits per heavy atom. The monoisotopic (exact) mass is 248 g/mol. The second kappa shape index (κ2) is 3.45. The van der Waals surface area contributed by atoms with Crippen LogP contribution >= 0.6 is 5.96 Å². The maximum absolute atomic E-state index is 4.87. The Morgan fingerprint density at radius 1 is 1.17 bits per heavy atom. The quantitative estimate of drug-likeness (QED) is 0.354. The summed E-state index contributed by atoms with van der Waals surface area (Å²) >= 11 is 2.96. The first kappa shape index (κ1) is 8.68. The van der Waals surface area contributed by atoms with Gasteiger partial charge in [0.05, 0.1) is 0 Å². The molecule has 1 aliphatic heterocycles. The molecule has 0 aliphatic carbocycles. The number of hydrogen-bond donors (Lipinski definition) is 0. The van der Waals surface area contributed by atoms with E-state index in [2.05, 4.69) is 39.4 Å². The van der Waals surface area contributed by atoms with Crippen LogP contribution in [0.5, 0.6) is 0 Å². The van der Waals surface area contributed by atoms with Crippen molar-refractivity contribution in [2.45, 2.75) is 6.42 Å². The Balaban J connectivity index is 1.92. The predicted molar refractivity (Wildman–Crippen MR) is 49.9 cm³/mol. The van der Waals surface area contributed by atoms with E-state index >= 15 is 0 Å². The number of benzene rings is 1. The molecule has 0 spiro atoms. The Morgan fingerprint density at radius 3 is 2.42 bits per heavy atom. The van der Waals surface area contributed by atoms with Gasteiger partial charge in [0.15, 0.2) is 0 Å². The van der Waals surface area contributed by atoms with E-state index in [1.165, 1.54) is 5.56 Å². The molecule has 0 atom stereocenters. The summed E-state index contributed by atoms with van der Waals surface area (Å²) in [6.07, 6.45) is 2.01. The summed E-state index contributed by atoms with van der Waals surface area (Å²) in [5.41, 5.74) is 1.34. The summed E-state index contributed by atoms with van der Waals surface area (Å²) in [6, 6.07) is 10.4. The molecule has 0 amide bonds. The summed E-state index contributed by atoms with van der Waals surface area (Å²) in [7, 11) is 0. The Labute approximate surface area is 79.2 Å². The van der Waals surface area contributed by atoms with Gasteiger partial charge in [-0.2, -0.15) is 0 Å². The molecule has 0 N–H and O–H groups in total. The van der Waals surface area contributed by atoms with E-state index in [1.54, 1.807) is 0 Å². The molecule has 1 heterocycles. The van der Waals surface area contributed by atoms with E-state index in [-0.39, 0.29) is 0 Å². The first-order valence-corrected chi connectivity index (χ1v) is 7.82. The van der Waals surface area contributed by atoms with E-state index in [0.717, 1.165) is 12.6 Å². The summed E-state index contributed by atoms with van der Waals surface area (Å²) < 4.78 is 9.75. The van der Waals surface area contributed by atoms with Gasteiger partial charge in [-0.05, 0) is 0 Å². The maximum atomic E-state index is 4.87. The van der Waals surface area contributed by atoms with Crippen molar-refractivity contribution in [1.82, 2.24) is 0 Å². The van der Waals surface area contributed by atoms with Gasteiger partial charge in [-0.15, -0.1) is 0 Å². The summed E-state index contributed by atoms with van der Waals surface area (Å²) in [4.78, 5) is 0. The third-order valence-electron chi connectivity index (χ3n) is 1.76. The molecule has 4 heteroatoms. The van der Waals surface area contributed by atoms with E-state index in [1.807, 2.05) is 6.07 Å². The van der Waals surface area contributed by atoms with Crippen molar-refractivity contribution in [2.24, 2.45) is 0 Å². The van der Waals surface area contributed by atoms with Gasteiger partial charge < -0.3 is 0 Å². The molecular formula is C8H9O2PSe. The molecule has 1 fully saturated rings. The molecule has 0 unspecified atom stereocenters. The minimum atomic E-state index is -1.46. The Hall–Kier alpha value is 0.0895.